The molecule has 10 nitrogen and oxygen atoms in total. The summed E-state index contributed by atoms with van der Waals surface area (Å²) in [7, 11) is 0. The highest BCUT2D eigenvalue weighted by molar-refractivity contribution is 6.36. The molecule has 0 spiro atoms. The van der Waals surface area contributed by atoms with E-state index in [1.165, 1.54) is 6.07 Å². The number of benzene rings is 4. The Kier molecular flexibility index (Phi) is 6.73. The van der Waals surface area contributed by atoms with Gasteiger partial charge in [0.1, 0.15) is 11.3 Å². The van der Waals surface area contributed by atoms with Gasteiger partial charge in [0.2, 0.25) is 11.6 Å². The van der Waals surface area contributed by atoms with Crippen molar-refractivity contribution in [1.82, 2.24) is 4.98 Å². The second kappa shape index (κ2) is 10.3. The average Bonchev–Trinajstić information content (AvgIpc) is 3.30. The van der Waals surface area contributed by atoms with Crippen molar-refractivity contribution in [1.29, 1.82) is 0 Å². The lowest BCUT2D eigenvalue weighted by Gasteiger charge is -2.07. The first-order valence-electron chi connectivity index (χ1n) is 10.9. The van der Waals surface area contributed by atoms with E-state index in [0.29, 0.717) is 49.6 Å². The Balaban J connectivity index is 1.37. The Morgan fingerprint density at radius 3 is 2.53 bits per heavy atom. The van der Waals surface area contributed by atoms with Crippen molar-refractivity contribution >= 4 is 57.6 Å². The van der Waals surface area contributed by atoms with Crippen molar-refractivity contribution in [2.45, 2.75) is 0 Å². The van der Waals surface area contributed by atoms with Crippen LogP contribution < -0.4 is 4.74 Å². The largest absolute Gasteiger partial charge is 0.450 e. The number of halogens is 2. The molecule has 12 heteroatoms. The molecule has 1 aromatic heterocycles. The maximum absolute atomic E-state index is 11.4. The molecular weight excluding hydrogens is 535 g/mol. The first-order chi connectivity index (χ1) is 18.3. The standard InChI is InChI=1S/C26H14Cl2N4O6/c27-16-4-7-20(21(28)11-16)26-30-22-12-17(5-8-24(22)38-26)29-14-15-2-1-3-19(10-15)37-25-9-6-18(31(33)34)13-23(25)32(35)36/h1-14H. The zero-order valence-corrected chi connectivity index (χ0v) is 20.6. The molecule has 0 aliphatic heterocycles. The summed E-state index contributed by atoms with van der Waals surface area (Å²) in [6, 6.07) is 20.2. The highest BCUT2D eigenvalue weighted by atomic mass is 35.5. The summed E-state index contributed by atoms with van der Waals surface area (Å²) in [5, 5.41) is 23.3. The van der Waals surface area contributed by atoms with E-state index in [1.54, 1.807) is 66.9 Å². The molecule has 0 atom stereocenters. The second-order valence-electron chi connectivity index (χ2n) is 7.89. The molecule has 0 radical (unpaired) electrons. The monoisotopic (exact) mass is 548 g/mol. The minimum Gasteiger partial charge on any atom is -0.450 e. The van der Waals surface area contributed by atoms with E-state index < -0.39 is 21.2 Å². The predicted molar refractivity (Wildman–Crippen MR) is 143 cm³/mol. The number of fused-ring (bicyclic) bond motifs is 1. The fraction of sp³-hybridized carbons (Fsp3) is 0. The summed E-state index contributed by atoms with van der Waals surface area (Å²) in [4.78, 5) is 29.9. The van der Waals surface area contributed by atoms with Crippen molar-refractivity contribution in [2.24, 2.45) is 4.99 Å². The molecule has 0 N–H and O–H groups in total. The predicted octanol–water partition coefficient (Wildman–Crippen LogP) is 8.16. The number of nitro groups is 2. The van der Waals surface area contributed by atoms with Crippen LogP contribution in [0.4, 0.5) is 17.1 Å². The van der Waals surface area contributed by atoms with Crippen molar-refractivity contribution < 1.29 is 19.0 Å². The normalized spacial score (nSPS) is 11.2. The fourth-order valence-electron chi connectivity index (χ4n) is 3.56. The Labute approximate surface area is 224 Å². The lowest BCUT2D eigenvalue weighted by molar-refractivity contribution is -0.394. The van der Waals surface area contributed by atoms with Crippen LogP contribution in [-0.4, -0.2) is 21.0 Å². The van der Waals surface area contributed by atoms with Gasteiger partial charge in [-0.15, -0.1) is 0 Å². The molecule has 0 amide bonds. The second-order valence-corrected chi connectivity index (χ2v) is 8.74. The molecule has 1 heterocycles. The molecule has 0 bridgehead atoms. The number of hydrogen-bond acceptors (Lipinski definition) is 8. The van der Waals surface area contributed by atoms with Crippen molar-refractivity contribution in [3.63, 3.8) is 0 Å². The number of oxazole rings is 1. The van der Waals surface area contributed by atoms with Gasteiger partial charge in [0.25, 0.3) is 5.69 Å². The summed E-state index contributed by atoms with van der Waals surface area (Å²) in [5.41, 5.74) is 2.10. The van der Waals surface area contributed by atoms with E-state index in [9.17, 15) is 20.2 Å². The van der Waals surface area contributed by atoms with Crippen molar-refractivity contribution in [2.75, 3.05) is 0 Å². The molecule has 0 saturated heterocycles. The number of hydrogen-bond donors (Lipinski definition) is 0. The smallest absolute Gasteiger partial charge is 0.318 e. The average molecular weight is 549 g/mol. The third-order valence-electron chi connectivity index (χ3n) is 5.33. The van der Waals surface area contributed by atoms with Gasteiger partial charge < -0.3 is 9.15 Å². The Hall–Kier alpha value is -4.80. The van der Waals surface area contributed by atoms with E-state index in [2.05, 4.69) is 9.98 Å². The third kappa shape index (κ3) is 5.31. The van der Waals surface area contributed by atoms with Crippen LogP contribution in [0, 0.1) is 20.2 Å². The number of ether oxygens (including phenoxy) is 1. The van der Waals surface area contributed by atoms with Gasteiger partial charge in [-0.1, -0.05) is 35.3 Å². The van der Waals surface area contributed by atoms with Gasteiger partial charge in [-0.2, -0.15) is 0 Å². The Morgan fingerprint density at radius 1 is 0.921 bits per heavy atom. The minimum atomic E-state index is -0.736. The summed E-state index contributed by atoms with van der Waals surface area (Å²) >= 11 is 12.2. The quantitative estimate of drug-likeness (QED) is 0.114. The number of non-ortho nitro benzene ring substituents is 1. The van der Waals surface area contributed by atoms with Gasteiger partial charge in [-0.25, -0.2) is 4.98 Å². The zero-order chi connectivity index (χ0) is 26.8. The van der Waals surface area contributed by atoms with E-state index in [-0.39, 0.29) is 5.75 Å². The van der Waals surface area contributed by atoms with Crippen LogP contribution in [0.3, 0.4) is 0 Å². The summed E-state index contributed by atoms with van der Waals surface area (Å²) in [6.45, 7) is 0. The van der Waals surface area contributed by atoms with Crippen LogP contribution in [0.5, 0.6) is 11.5 Å². The van der Waals surface area contributed by atoms with Crippen LogP contribution >= 0.6 is 23.2 Å². The number of nitro benzene ring substituents is 2. The molecule has 38 heavy (non-hydrogen) atoms. The van der Waals surface area contributed by atoms with Crippen LogP contribution in [0.1, 0.15) is 5.56 Å². The third-order valence-corrected chi connectivity index (χ3v) is 5.88. The highest BCUT2D eigenvalue weighted by Gasteiger charge is 2.21. The fourth-order valence-corrected chi connectivity index (χ4v) is 4.05. The molecule has 0 aliphatic rings. The van der Waals surface area contributed by atoms with Crippen LogP contribution in [0.25, 0.3) is 22.6 Å². The van der Waals surface area contributed by atoms with Gasteiger partial charge in [0.15, 0.2) is 5.58 Å². The number of rotatable bonds is 7. The van der Waals surface area contributed by atoms with Crippen LogP contribution in [0.2, 0.25) is 10.0 Å². The molecule has 0 saturated carbocycles. The number of nitrogens with zero attached hydrogens (tertiary/aromatic N) is 4. The lowest BCUT2D eigenvalue weighted by Crippen LogP contribution is -1.96. The number of aromatic nitrogens is 1. The summed E-state index contributed by atoms with van der Waals surface area (Å²) < 4.78 is 11.5. The molecule has 0 aliphatic carbocycles. The first kappa shape index (κ1) is 24.9. The molecule has 4 aromatic carbocycles. The zero-order valence-electron chi connectivity index (χ0n) is 19.1. The van der Waals surface area contributed by atoms with E-state index >= 15 is 0 Å². The van der Waals surface area contributed by atoms with Gasteiger partial charge in [-0.05, 0) is 60.2 Å². The Bertz CT molecular complexity index is 1750. The van der Waals surface area contributed by atoms with E-state index in [4.69, 9.17) is 32.4 Å². The molecular formula is C26H14Cl2N4O6. The van der Waals surface area contributed by atoms with Gasteiger partial charge in [0, 0.05) is 17.3 Å². The van der Waals surface area contributed by atoms with Crippen molar-refractivity contribution in [3.8, 4) is 23.0 Å². The molecule has 0 unspecified atom stereocenters. The Morgan fingerprint density at radius 2 is 1.76 bits per heavy atom. The number of aliphatic imine (C=N–C) groups is 1. The SMILES string of the molecule is O=[N+]([O-])c1ccc(Oc2cccc(C=Nc3ccc4oc(-c5ccc(Cl)cc5Cl)nc4c3)c2)c([N+](=O)[O-])c1. The lowest BCUT2D eigenvalue weighted by atomic mass is 10.2. The van der Waals surface area contributed by atoms with Crippen LogP contribution in [0.15, 0.2) is 88.3 Å². The molecule has 188 valence electrons. The maximum Gasteiger partial charge on any atom is 0.318 e. The molecule has 5 rings (SSSR count). The highest BCUT2D eigenvalue weighted by Crippen LogP contribution is 2.35. The summed E-state index contributed by atoms with van der Waals surface area (Å²) in [6.07, 6.45) is 1.59. The van der Waals surface area contributed by atoms with E-state index in [0.717, 1.165) is 12.1 Å². The molecule has 0 fully saturated rings. The van der Waals surface area contributed by atoms with Gasteiger partial charge in [-0.3, -0.25) is 25.2 Å². The first-order valence-corrected chi connectivity index (χ1v) is 11.6. The maximum atomic E-state index is 11.4. The van der Waals surface area contributed by atoms with Gasteiger partial charge >= 0.3 is 5.69 Å². The molecule has 5 aromatic rings. The summed E-state index contributed by atoms with van der Waals surface area (Å²) in [5.74, 6) is 0.526. The van der Waals surface area contributed by atoms with Crippen molar-refractivity contribution in [3.05, 3.63) is 115 Å². The van der Waals surface area contributed by atoms with Crippen LogP contribution in [-0.2, 0) is 0 Å². The topological polar surface area (TPSA) is 134 Å². The minimum absolute atomic E-state index is 0.122. The van der Waals surface area contributed by atoms with Gasteiger partial charge in [0.05, 0.1) is 32.2 Å². The van der Waals surface area contributed by atoms with E-state index in [1.807, 2.05) is 0 Å².